The highest BCUT2D eigenvalue weighted by molar-refractivity contribution is 6.32. The van der Waals surface area contributed by atoms with Crippen LogP contribution < -0.4 is 10.1 Å². The summed E-state index contributed by atoms with van der Waals surface area (Å²) in [6.45, 7) is 4.61. The van der Waals surface area contributed by atoms with Gasteiger partial charge in [0.2, 0.25) is 0 Å². The van der Waals surface area contributed by atoms with E-state index in [0.717, 1.165) is 47.3 Å². The van der Waals surface area contributed by atoms with Gasteiger partial charge in [-0.2, -0.15) is 5.26 Å². The number of hydrogen-bond donors (Lipinski definition) is 2. The van der Waals surface area contributed by atoms with E-state index in [1.54, 1.807) is 12.3 Å². The third-order valence-electron chi connectivity index (χ3n) is 8.86. The lowest BCUT2D eigenvalue weighted by atomic mass is 9.75. The average Bonchev–Trinajstić information content (AvgIpc) is 3.63. The Kier molecular flexibility index (Phi) is 8.21. The highest BCUT2D eigenvalue weighted by atomic mass is 35.5. The van der Waals surface area contributed by atoms with Gasteiger partial charge in [-0.3, -0.25) is 4.90 Å². The molecule has 0 saturated carbocycles. The molecule has 0 radical (unpaired) electrons. The molecule has 43 heavy (non-hydrogen) atoms. The summed E-state index contributed by atoms with van der Waals surface area (Å²) in [4.78, 5) is 18.3. The van der Waals surface area contributed by atoms with Crippen molar-refractivity contribution in [2.24, 2.45) is 5.92 Å². The van der Waals surface area contributed by atoms with Crippen LogP contribution in [0.2, 0.25) is 5.02 Å². The summed E-state index contributed by atoms with van der Waals surface area (Å²) in [7, 11) is 0. The molecule has 3 aliphatic rings. The summed E-state index contributed by atoms with van der Waals surface area (Å²) in [6, 6.07) is 17.8. The Hall–Kier alpha value is -4.18. The first kappa shape index (κ1) is 28.9. The molecular formula is C35H33ClN4O3. The number of hydrogen-bond acceptors (Lipinski definition) is 7. The molecule has 2 unspecified atom stereocenters. The molecule has 1 fully saturated rings. The fourth-order valence-corrected chi connectivity index (χ4v) is 6.70. The van der Waals surface area contributed by atoms with Gasteiger partial charge in [-0.1, -0.05) is 55.0 Å². The average molecular weight is 593 g/mol. The van der Waals surface area contributed by atoms with Crippen LogP contribution >= 0.6 is 11.6 Å². The number of rotatable bonds is 8. The number of nitriles is 1. The third kappa shape index (κ3) is 5.76. The number of pyridine rings is 1. The second-order valence-corrected chi connectivity index (χ2v) is 11.9. The number of halogens is 1. The first-order valence-corrected chi connectivity index (χ1v) is 15.0. The van der Waals surface area contributed by atoms with Crippen molar-refractivity contribution in [1.29, 1.82) is 5.26 Å². The standard InChI is InChI=1S/C35H33ClN4O3/c1-23-27(30-5-2-3-7-32(30)36)6-4-14-35(23,39-34-17-24(12-15-38-34)19-40-16-13-26(42)20-40)22-43-33-11-10-28-25(21-41)8-9-29(28)31(33)18-37/h2-7,10-12,14-15,17,23,26,42H,8-9,13,16,19-20,22H2,1H3,(H,38,39)/t23-,26?,35?/m1/s1. The van der Waals surface area contributed by atoms with E-state index >= 15 is 0 Å². The Morgan fingerprint density at radius 3 is 2.84 bits per heavy atom. The fourth-order valence-electron chi connectivity index (χ4n) is 6.46. The number of nitrogens with one attached hydrogen (secondary N) is 1. The molecule has 0 spiro atoms. The number of β-amino-alcohol motifs (C(OH)–C–C–N with tert-alkyl or cyclic N) is 1. The summed E-state index contributed by atoms with van der Waals surface area (Å²) < 4.78 is 6.50. The normalized spacial score (nSPS) is 22.9. The van der Waals surface area contributed by atoms with E-state index < -0.39 is 5.54 Å². The number of aromatic nitrogens is 1. The number of benzene rings is 2. The largest absolute Gasteiger partial charge is 0.489 e. The minimum Gasteiger partial charge on any atom is -0.489 e. The van der Waals surface area contributed by atoms with E-state index in [2.05, 4.69) is 40.3 Å². The minimum absolute atomic E-state index is 0.0962. The topological polar surface area (TPSA) is 98.5 Å². The lowest BCUT2D eigenvalue weighted by molar-refractivity contribution is 0.175. The third-order valence-corrected chi connectivity index (χ3v) is 9.19. The molecule has 3 atom stereocenters. The van der Waals surface area contributed by atoms with Crippen molar-refractivity contribution in [3.05, 3.63) is 106 Å². The molecule has 0 amide bonds. The van der Waals surface area contributed by atoms with Crippen LogP contribution in [0.1, 0.15) is 47.6 Å². The Balaban J connectivity index is 1.33. The van der Waals surface area contributed by atoms with Crippen LogP contribution in [0.4, 0.5) is 5.82 Å². The van der Waals surface area contributed by atoms with Crippen LogP contribution in [-0.4, -0.2) is 52.3 Å². The minimum atomic E-state index is -0.738. The monoisotopic (exact) mass is 592 g/mol. The maximum atomic E-state index is 11.4. The van der Waals surface area contributed by atoms with Gasteiger partial charge in [0.1, 0.15) is 30.2 Å². The van der Waals surface area contributed by atoms with E-state index in [4.69, 9.17) is 16.3 Å². The summed E-state index contributed by atoms with van der Waals surface area (Å²) >= 11 is 6.66. The first-order valence-electron chi connectivity index (χ1n) is 14.6. The van der Waals surface area contributed by atoms with Crippen LogP contribution in [-0.2, 0) is 17.8 Å². The van der Waals surface area contributed by atoms with Crippen molar-refractivity contribution in [3.8, 4) is 11.8 Å². The number of carbonyl (C=O) groups excluding carboxylic acids is 1. The molecule has 1 saturated heterocycles. The van der Waals surface area contributed by atoms with E-state index in [-0.39, 0.29) is 18.6 Å². The molecule has 8 heteroatoms. The molecule has 7 nitrogen and oxygen atoms in total. The number of aliphatic hydroxyl groups excluding tert-OH is 1. The number of fused-ring (bicyclic) bond motifs is 1. The zero-order valence-corrected chi connectivity index (χ0v) is 24.8. The first-order chi connectivity index (χ1) is 20.9. The van der Waals surface area contributed by atoms with Gasteiger partial charge in [-0.05, 0) is 77.4 Å². The zero-order chi connectivity index (χ0) is 30.0. The summed E-state index contributed by atoms with van der Waals surface area (Å²) in [5.74, 6) is 3.12. The highest BCUT2D eigenvalue weighted by Crippen LogP contribution is 2.42. The molecule has 2 N–H and O–H groups in total. The number of aliphatic hydroxyl groups is 1. The molecular weight excluding hydrogens is 560 g/mol. The van der Waals surface area contributed by atoms with E-state index in [9.17, 15) is 15.2 Å². The second kappa shape index (κ2) is 12.2. The summed E-state index contributed by atoms with van der Waals surface area (Å²) in [6.07, 6.45) is 9.69. The van der Waals surface area contributed by atoms with Gasteiger partial charge in [0.25, 0.3) is 0 Å². The van der Waals surface area contributed by atoms with Crippen LogP contribution in [0.5, 0.6) is 5.75 Å². The van der Waals surface area contributed by atoms with Crippen LogP contribution in [0.15, 0.2) is 73.0 Å². The van der Waals surface area contributed by atoms with Crippen LogP contribution in [0.25, 0.3) is 11.1 Å². The molecule has 2 aliphatic carbocycles. The molecule has 6 rings (SSSR count). The number of likely N-dealkylation sites (tertiary alicyclic amines) is 1. The Morgan fingerprint density at radius 1 is 1.21 bits per heavy atom. The quantitative estimate of drug-likeness (QED) is 0.316. The van der Waals surface area contributed by atoms with E-state index in [0.29, 0.717) is 47.1 Å². The molecule has 3 aromatic rings. The maximum absolute atomic E-state index is 11.4. The molecule has 2 heterocycles. The van der Waals surface area contributed by atoms with Gasteiger partial charge in [-0.15, -0.1) is 0 Å². The second-order valence-electron chi connectivity index (χ2n) is 11.5. The van der Waals surface area contributed by atoms with Crippen molar-refractivity contribution in [1.82, 2.24) is 9.88 Å². The van der Waals surface area contributed by atoms with Crippen LogP contribution in [0, 0.1) is 17.2 Å². The lowest BCUT2D eigenvalue weighted by Crippen LogP contribution is -2.49. The van der Waals surface area contributed by atoms with Crippen molar-refractivity contribution in [3.63, 3.8) is 0 Å². The molecule has 1 aromatic heterocycles. The number of nitrogens with zero attached hydrogens (tertiary/aromatic N) is 3. The Labute approximate surface area is 256 Å². The lowest BCUT2D eigenvalue weighted by Gasteiger charge is -2.41. The smallest absolute Gasteiger partial charge is 0.137 e. The van der Waals surface area contributed by atoms with Crippen molar-refractivity contribution >= 4 is 34.5 Å². The highest BCUT2D eigenvalue weighted by Gasteiger charge is 2.40. The van der Waals surface area contributed by atoms with Gasteiger partial charge in [0.05, 0.1) is 17.2 Å². The Morgan fingerprint density at radius 2 is 2.07 bits per heavy atom. The van der Waals surface area contributed by atoms with Gasteiger partial charge in [0.15, 0.2) is 0 Å². The number of anilines is 1. The van der Waals surface area contributed by atoms with E-state index in [1.807, 2.05) is 54.5 Å². The van der Waals surface area contributed by atoms with Crippen molar-refractivity contribution in [2.45, 2.75) is 44.4 Å². The van der Waals surface area contributed by atoms with Gasteiger partial charge < -0.3 is 15.2 Å². The van der Waals surface area contributed by atoms with Crippen molar-refractivity contribution < 1.29 is 14.6 Å². The number of allylic oxidation sites excluding steroid dienone is 3. The van der Waals surface area contributed by atoms with E-state index in [1.165, 1.54) is 0 Å². The van der Waals surface area contributed by atoms with Crippen molar-refractivity contribution in [2.75, 3.05) is 25.0 Å². The zero-order valence-electron chi connectivity index (χ0n) is 24.0. The predicted octanol–water partition coefficient (Wildman–Crippen LogP) is 5.85. The Bertz CT molecular complexity index is 1700. The molecule has 1 aliphatic heterocycles. The maximum Gasteiger partial charge on any atom is 0.137 e. The van der Waals surface area contributed by atoms with Gasteiger partial charge in [-0.25, -0.2) is 9.78 Å². The molecule has 0 bridgehead atoms. The summed E-state index contributed by atoms with van der Waals surface area (Å²) in [5.41, 5.74) is 5.05. The summed E-state index contributed by atoms with van der Waals surface area (Å²) in [5, 5.41) is 24.4. The van der Waals surface area contributed by atoms with Crippen LogP contribution in [0.3, 0.4) is 0 Å². The van der Waals surface area contributed by atoms with Gasteiger partial charge >= 0.3 is 0 Å². The molecule has 2 aromatic carbocycles. The fraction of sp³-hybridized carbons (Fsp3) is 0.314. The van der Waals surface area contributed by atoms with Gasteiger partial charge in [0, 0.05) is 42.3 Å². The SMILES string of the molecule is C[C@@H]1C(c2ccccc2Cl)=CC=CC1(COc1ccc2c(c1C#N)CCC2=C=O)Nc1cc(CN2CCC(O)C2)ccn1. The molecule has 218 valence electrons. The number of ether oxygens (including phenoxy) is 1. The predicted molar refractivity (Wildman–Crippen MR) is 168 cm³/mol.